The van der Waals surface area contributed by atoms with Gasteiger partial charge in [0.25, 0.3) is 0 Å². The van der Waals surface area contributed by atoms with Crippen molar-refractivity contribution in [1.29, 1.82) is 0 Å². The van der Waals surface area contributed by atoms with Crippen LogP contribution in [0, 0.1) is 5.92 Å². The lowest BCUT2D eigenvalue weighted by molar-refractivity contribution is -0.137. The minimum atomic E-state index is -0.173. The molecular formula is C28H29NO3. The number of nitrogens with zero attached hydrogens (tertiary/aromatic N) is 1. The maximum Gasteiger partial charge on any atom is 0.230 e. The average Bonchev–Trinajstić information content (AvgIpc) is 2.84. The molecule has 0 radical (unpaired) electrons. The molecule has 4 heteroatoms. The maximum atomic E-state index is 13.7. The highest BCUT2D eigenvalue weighted by Gasteiger charge is 2.32. The minimum Gasteiger partial charge on any atom is -0.497 e. The smallest absolute Gasteiger partial charge is 0.230 e. The summed E-state index contributed by atoms with van der Waals surface area (Å²) in [5, 5.41) is 0. The summed E-state index contributed by atoms with van der Waals surface area (Å²) < 4.78 is 10.9. The minimum absolute atomic E-state index is 0.0104. The molecule has 2 atom stereocenters. The van der Waals surface area contributed by atoms with Crippen LogP contribution in [0.25, 0.3) is 0 Å². The van der Waals surface area contributed by atoms with Crippen molar-refractivity contribution in [3.63, 3.8) is 0 Å². The fourth-order valence-electron chi connectivity index (χ4n) is 4.24. The predicted octanol–water partition coefficient (Wildman–Crippen LogP) is 5.07. The van der Waals surface area contributed by atoms with Gasteiger partial charge in [0.15, 0.2) is 0 Å². The second-order valence-corrected chi connectivity index (χ2v) is 8.08. The van der Waals surface area contributed by atoms with E-state index in [2.05, 4.69) is 36.4 Å². The average molecular weight is 428 g/mol. The predicted molar refractivity (Wildman–Crippen MR) is 127 cm³/mol. The van der Waals surface area contributed by atoms with Crippen molar-refractivity contribution < 1.29 is 14.3 Å². The summed E-state index contributed by atoms with van der Waals surface area (Å²) in [6, 6.07) is 26.3. The highest BCUT2D eigenvalue weighted by Crippen LogP contribution is 2.30. The molecule has 1 amide bonds. The van der Waals surface area contributed by atoms with Gasteiger partial charge in [-0.2, -0.15) is 0 Å². The van der Waals surface area contributed by atoms with Crippen LogP contribution in [0.3, 0.4) is 0 Å². The van der Waals surface area contributed by atoms with Gasteiger partial charge in [0.2, 0.25) is 5.91 Å². The number of carbonyl (C=O) groups is 1. The van der Waals surface area contributed by atoms with Gasteiger partial charge in [0.05, 0.1) is 26.2 Å². The van der Waals surface area contributed by atoms with Gasteiger partial charge < -0.3 is 14.4 Å². The molecule has 32 heavy (non-hydrogen) atoms. The van der Waals surface area contributed by atoms with Gasteiger partial charge in [-0.15, -0.1) is 0 Å². The highest BCUT2D eigenvalue weighted by atomic mass is 16.5. The lowest BCUT2D eigenvalue weighted by atomic mass is 9.90. The molecule has 0 spiro atoms. The van der Waals surface area contributed by atoms with Crippen molar-refractivity contribution >= 4 is 5.91 Å². The molecule has 0 fully saturated rings. The molecular weight excluding hydrogens is 398 g/mol. The normalized spacial score (nSPS) is 17.9. The summed E-state index contributed by atoms with van der Waals surface area (Å²) in [4.78, 5) is 15.7. The van der Waals surface area contributed by atoms with Crippen molar-refractivity contribution in [2.24, 2.45) is 5.92 Å². The van der Waals surface area contributed by atoms with Crippen LogP contribution in [0.15, 0.2) is 91.0 Å². The first kappa shape index (κ1) is 21.7. The van der Waals surface area contributed by atoms with E-state index >= 15 is 0 Å². The van der Waals surface area contributed by atoms with Crippen LogP contribution in [-0.2, 0) is 24.2 Å². The third-order valence-electron chi connectivity index (χ3n) is 5.99. The van der Waals surface area contributed by atoms with Gasteiger partial charge in [0, 0.05) is 18.2 Å². The molecule has 0 saturated heterocycles. The molecule has 4 nitrogen and oxygen atoms in total. The van der Waals surface area contributed by atoms with Crippen LogP contribution in [0.1, 0.15) is 16.7 Å². The van der Waals surface area contributed by atoms with Crippen LogP contribution >= 0.6 is 0 Å². The van der Waals surface area contributed by atoms with Gasteiger partial charge in [-0.05, 0) is 36.1 Å². The van der Waals surface area contributed by atoms with Crippen molar-refractivity contribution in [2.75, 3.05) is 14.2 Å². The molecule has 1 aliphatic rings. The highest BCUT2D eigenvalue weighted by molar-refractivity contribution is 5.83. The maximum absolute atomic E-state index is 13.7. The Bertz CT molecular complexity index is 1060. The Morgan fingerprint density at radius 1 is 0.781 bits per heavy atom. The van der Waals surface area contributed by atoms with E-state index in [1.807, 2.05) is 59.5 Å². The molecule has 0 unspecified atom stereocenters. The number of benzene rings is 3. The molecule has 0 N–H and O–H groups in total. The van der Waals surface area contributed by atoms with Crippen molar-refractivity contribution in [3.05, 3.63) is 108 Å². The van der Waals surface area contributed by atoms with Gasteiger partial charge in [-0.25, -0.2) is 0 Å². The van der Waals surface area contributed by atoms with E-state index in [1.165, 1.54) is 11.1 Å². The Kier molecular flexibility index (Phi) is 6.90. The lowest BCUT2D eigenvalue weighted by Gasteiger charge is -2.36. The molecule has 1 aliphatic heterocycles. The zero-order valence-corrected chi connectivity index (χ0v) is 18.6. The van der Waals surface area contributed by atoms with E-state index in [1.54, 1.807) is 14.2 Å². The van der Waals surface area contributed by atoms with Crippen molar-refractivity contribution in [3.8, 4) is 11.5 Å². The topological polar surface area (TPSA) is 38.8 Å². The Morgan fingerprint density at radius 2 is 1.44 bits per heavy atom. The fourth-order valence-corrected chi connectivity index (χ4v) is 4.24. The van der Waals surface area contributed by atoms with Gasteiger partial charge in [-0.3, -0.25) is 4.79 Å². The Hall–Kier alpha value is -3.53. The second-order valence-electron chi connectivity index (χ2n) is 8.08. The summed E-state index contributed by atoms with van der Waals surface area (Å²) in [5.74, 6) is 1.44. The summed E-state index contributed by atoms with van der Waals surface area (Å²) in [6.07, 6.45) is 5.76. The van der Waals surface area contributed by atoms with E-state index in [0.29, 0.717) is 13.0 Å². The summed E-state index contributed by atoms with van der Waals surface area (Å²) >= 11 is 0. The monoisotopic (exact) mass is 427 g/mol. The Morgan fingerprint density at radius 3 is 2.06 bits per heavy atom. The first-order valence-electron chi connectivity index (χ1n) is 11.0. The van der Waals surface area contributed by atoms with E-state index in [9.17, 15) is 4.79 Å². The number of carbonyl (C=O) groups excluding carboxylic acids is 1. The Balaban J connectivity index is 1.62. The molecule has 164 valence electrons. The second kappa shape index (κ2) is 10.2. The van der Waals surface area contributed by atoms with Gasteiger partial charge >= 0.3 is 0 Å². The zero-order valence-electron chi connectivity index (χ0n) is 18.6. The van der Waals surface area contributed by atoms with Crippen LogP contribution in [0.4, 0.5) is 0 Å². The van der Waals surface area contributed by atoms with Crippen molar-refractivity contribution in [2.45, 2.75) is 25.4 Å². The molecule has 0 bridgehead atoms. The van der Waals surface area contributed by atoms with Crippen molar-refractivity contribution in [1.82, 2.24) is 4.90 Å². The van der Waals surface area contributed by atoms with Crippen LogP contribution < -0.4 is 9.47 Å². The van der Waals surface area contributed by atoms with Gasteiger partial charge in [0.1, 0.15) is 11.5 Å². The number of hydrogen-bond acceptors (Lipinski definition) is 3. The molecule has 0 saturated carbocycles. The third kappa shape index (κ3) is 5.02. The fraction of sp³-hybridized carbons (Fsp3) is 0.250. The summed E-state index contributed by atoms with van der Waals surface area (Å²) in [5.41, 5.74) is 3.34. The lowest BCUT2D eigenvalue weighted by Crippen LogP contribution is -2.46. The standard InChI is InChI=1S/C28H29NO3/c1-31-26-16-14-24(27(19-26)32-2)20-29-25(18-22-11-7-4-8-12-22)15-13-23(28(29)30)17-21-9-5-3-6-10-21/h3-16,19,23,25H,17-18,20H2,1-2H3/t23-,25-/m1/s1. The molecule has 0 aromatic heterocycles. The number of methoxy groups -OCH3 is 2. The molecule has 1 heterocycles. The first-order valence-corrected chi connectivity index (χ1v) is 11.0. The molecule has 4 rings (SSSR count). The van der Waals surface area contributed by atoms with E-state index < -0.39 is 0 Å². The van der Waals surface area contributed by atoms with E-state index in [0.717, 1.165) is 23.5 Å². The first-order chi connectivity index (χ1) is 15.7. The summed E-state index contributed by atoms with van der Waals surface area (Å²) in [7, 11) is 3.29. The van der Waals surface area contributed by atoms with Crippen LogP contribution in [0.5, 0.6) is 11.5 Å². The largest absolute Gasteiger partial charge is 0.497 e. The molecule has 0 aliphatic carbocycles. The quantitative estimate of drug-likeness (QED) is 0.471. The third-order valence-corrected chi connectivity index (χ3v) is 5.99. The number of ether oxygens (including phenoxy) is 2. The summed E-state index contributed by atoms with van der Waals surface area (Å²) in [6.45, 7) is 0.485. The molecule has 3 aromatic rings. The number of hydrogen-bond donors (Lipinski definition) is 0. The molecule has 3 aromatic carbocycles. The van der Waals surface area contributed by atoms with Gasteiger partial charge in [-0.1, -0.05) is 72.8 Å². The zero-order chi connectivity index (χ0) is 22.3. The number of amides is 1. The van der Waals surface area contributed by atoms with Crippen LogP contribution in [0.2, 0.25) is 0 Å². The van der Waals surface area contributed by atoms with E-state index in [4.69, 9.17) is 9.47 Å². The number of rotatable bonds is 8. The van der Waals surface area contributed by atoms with Crippen LogP contribution in [-0.4, -0.2) is 31.1 Å². The Labute approximate surface area is 190 Å². The van der Waals surface area contributed by atoms with E-state index in [-0.39, 0.29) is 17.9 Å². The SMILES string of the molecule is COc1ccc(CN2C(=O)[C@@H](Cc3ccccc3)C=C[C@@H]2Cc2ccccc2)c(OC)c1.